The van der Waals surface area contributed by atoms with Gasteiger partial charge in [-0.05, 0) is 74.5 Å². The highest BCUT2D eigenvalue weighted by atomic mass is 32.1. The summed E-state index contributed by atoms with van der Waals surface area (Å²) < 4.78 is 7.76. The maximum atomic E-state index is 13.6. The van der Waals surface area contributed by atoms with Gasteiger partial charge in [-0.15, -0.1) is 11.3 Å². The largest absolute Gasteiger partial charge is 0.390 e. The fourth-order valence-corrected chi connectivity index (χ4v) is 7.88. The van der Waals surface area contributed by atoms with Crippen LogP contribution < -0.4 is 4.80 Å². The van der Waals surface area contributed by atoms with E-state index in [1.165, 1.54) is 11.3 Å². The third kappa shape index (κ3) is 3.84. The number of aliphatic hydroxyl groups is 1. The van der Waals surface area contributed by atoms with E-state index in [2.05, 4.69) is 31.5 Å². The molecule has 1 saturated heterocycles. The smallest absolute Gasteiger partial charge is 0.254 e. The van der Waals surface area contributed by atoms with Crippen molar-refractivity contribution in [1.82, 2.24) is 4.57 Å². The minimum atomic E-state index is -0.626. The Labute approximate surface area is 183 Å². The SMILES string of the molecule is CC(C)(C)c1cn(CC2CCOCC2)c(=NC(=O)C23CC4CC(CC(O)(C4)C2)C3)s1. The van der Waals surface area contributed by atoms with Gasteiger partial charge in [-0.2, -0.15) is 4.99 Å². The van der Waals surface area contributed by atoms with Gasteiger partial charge in [0.15, 0.2) is 4.80 Å². The highest BCUT2D eigenvalue weighted by Gasteiger charge is 2.60. The normalized spacial score (nSPS) is 37.1. The van der Waals surface area contributed by atoms with Crippen molar-refractivity contribution in [3.05, 3.63) is 15.9 Å². The summed E-state index contributed by atoms with van der Waals surface area (Å²) in [4.78, 5) is 20.5. The Morgan fingerprint density at radius 2 is 1.90 bits per heavy atom. The summed E-state index contributed by atoms with van der Waals surface area (Å²) in [5, 5.41) is 11.1. The third-order valence-corrected chi connectivity index (χ3v) is 9.38. The summed E-state index contributed by atoms with van der Waals surface area (Å²) in [6.45, 7) is 9.23. The number of carbonyl (C=O) groups is 1. The molecule has 0 spiro atoms. The van der Waals surface area contributed by atoms with Crippen molar-refractivity contribution in [1.29, 1.82) is 0 Å². The number of ether oxygens (including phenoxy) is 1. The quantitative estimate of drug-likeness (QED) is 0.784. The molecule has 4 saturated carbocycles. The molecule has 0 radical (unpaired) electrons. The lowest BCUT2D eigenvalue weighted by molar-refractivity contribution is -0.175. The highest BCUT2D eigenvalue weighted by molar-refractivity contribution is 7.09. The van der Waals surface area contributed by atoms with Crippen LogP contribution in [0.3, 0.4) is 0 Å². The standard InChI is InChI=1S/C24H36N2O3S/c1-22(2,3)19-14-26(13-16-4-6-29-7-5-16)21(30-19)25-20(27)23-9-17-8-18(10-23)12-24(28,11-17)15-23/h14,16-18,28H,4-13,15H2,1-3H3. The average Bonchev–Trinajstić information content (AvgIpc) is 3.03. The minimum Gasteiger partial charge on any atom is -0.390 e. The zero-order chi connectivity index (χ0) is 21.1. The van der Waals surface area contributed by atoms with Gasteiger partial charge in [-0.25, -0.2) is 0 Å². The van der Waals surface area contributed by atoms with Crippen LogP contribution in [-0.4, -0.2) is 34.4 Å². The zero-order valence-corrected chi connectivity index (χ0v) is 19.5. The number of rotatable bonds is 3. The Hall–Kier alpha value is -0.980. The van der Waals surface area contributed by atoms with Crippen molar-refractivity contribution in [2.75, 3.05) is 13.2 Å². The number of hydrogen-bond acceptors (Lipinski definition) is 4. The molecule has 2 atom stereocenters. The van der Waals surface area contributed by atoms with Crippen LogP contribution in [0.5, 0.6) is 0 Å². The number of aromatic nitrogens is 1. The summed E-state index contributed by atoms with van der Waals surface area (Å²) in [7, 11) is 0. The summed E-state index contributed by atoms with van der Waals surface area (Å²) in [5.74, 6) is 1.60. The molecule has 5 nitrogen and oxygen atoms in total. The highest BCUT2D eigenvalue weighted by Crippen LogP contribution is 2.62. The van der Waals surface area contributed by atoms with E-state index in [1.54, 1.807) is 11.3 Å². The summed E-state index contributed by atoms with van der Waals surface area (Å²) in [6.07, 6.45) is 9.78. The van der Waals surface area contributed by atoms with Crippen molar-refractivity contribution in [2.45, 2.75) is 89.7 Å². The maximum absolute atomic E-state index is 13.6. The lowest BCUT2D eigenvalue weighted by Gasteiger charge is -2.58. The van der Waals surface area contributed by atoms with Crippen LogP contribution in [0, 0.1) is 23.2 Å². The molecule has 30 heavy (non-hydrogen) atoms. The zero-order valence-electron chi connectivity index (χ0n) is 18.7. The van der Waals surface area contributed by atoms with Crippen molar-refractivity contribution in [2.24, 2.45) is 28.2 Å². The number of hydrogen-bond donors (Lipinski definition) is 1. The molecule has 2 unspecified atom stereocenters. The van der Waals surface area contributed by atoms with Crippen LogP contribution in [0.2, 0.25) is 0 Å². The topological polar surface area (TPSA) is 63.8 Å². The summed E-state index contributed by atoms with van der Waals surface area (Å²) >= 11 is 1.67. The van der Waals surface area contributed by atoms with Gasteiger partial charge in [0, 0.05) is 30.8 Å². The predicted molar refractivity (Wildman–Crippen MR) is 117 cm³/mol. The first-order valence-corrected chi connectivity index (χ1v) is 12.6. The molecule has 5 fully saturated rings. The van der Waals surface area contributed by atoms with Crippen LogP contribution in [-0.2, 0) is 21.5 Å². The first-order valence-electron chi connectivity index (χ1n) is 11.7. The van der Waals surface area contributed by atoms with Crippen molar-refractivity contribution in [3.8, 4) is 0 Å². The van der Waals surface area contributed by atoms with E-state index in [0.717, 1.165) is 63.1 Å². The van der Waals surface area contributed by atoms with Crippen molar-refractivity contribution < 1.29 is 14.6 Å². The maximum Gasteiger partial charge on any atom is 0.254 e. The Bertz CT molecular complexity index is 873. The monoisotopic (exact) mass is 432 g/mol. The molecule has 1 aromatic rings. The van der Waals surface area contributed by atoms with Gasteiger partial charge in [0.25, 0.3) is 5.91 Å². The summed E-state index contributed by atoms with van der Waals surface area (Å²) in [5.41, 5.74) is -1.02. The fourth-order valence-electron chi connectivity index (χ4n) is 6.82. The molecule has 6 rings (SSSR count). The summed E-state index contributed by atoms with van der Waals surface area (Å²) in [6, 6.07) is 0. The van der Waals surface area contributed by atoms with Gasteiger partial charge in [0.05, 0.1) is 11.0 Å². The molecule has 6 heteroatoms. The first kappa shape index (κ1) is 20.9. The van der Waals surface area contributed by atoms with E-state index in [1.807, 2.05) is 0 Å². The van der Waals surface area contributed by atoms with E-state index < -0.39 is 11.0 Å². The number of nitrogens with zero attached hydrogens (tertiary/aromatic N) is 2. The third-order valence-electron chi connectivity index (χ3n) is 7.94. The molecule has 0 aromatic carbocycles. The number of amides is 1. The van der Waals surface area contributed by atoms with Gasteiger partial charge in [0.2, 0.25) is 0 Å². The van der Waals surface area contributed by atoms with Gasteiger partial charge in [-0.3, -0.25) is 4.79 Å². The van der Waals surface area contributed by atoms with E-state index in [9.17, 15) is 9.90 Å². The van der Waals surface area contributed by atoms with Crippen LogP contribution in [0.1, 0.15) is 77.0 Å². The van der Waals surface area contributed by atoms with Crippen molar-refractivity contribution >= 4 is 17.2 Å². The fraction of sp³-hybridized carbons (Fsp3) is 0.833. The lowest BCUT2D eigenvalue weighted by Crippen LogP contribution is -2.58. The lowest BCUT2D eigenvalue weighted by atomic mass is 9.47. The second-order valence-corrected chi connectivity index (χ2v) is 12.7. The molecule has 1 aromatic heterocycles. The Morgan fingerprint density at radius 3 is 2.50 bits per heavy atom. The van der Waals surface area contributed by atoms with E-state index in [0.29, 0.717) is 24.2 Å². The van der Waals surface area contributed by atoms with Crippen molar-refractivity contribution in [3.63, 3.8) is 0 Å². The van der Waals surface area contributed by atoms with E-state index in [-0.39, 0.29) is 11.3 Å². The van der Waals surface area contributed by atoms with Gasteiger partial charge in [0.1, 0.15) is 0 Å². The molecule has 1 N–H and O–H groups in total. The molecule has 2 heterocycles. The Kier molecular flexibility index (Phi) is 5.07. The molecular weight excluding hydrogens is 396 g/mol. The second kappa shape index (κ2) is 7.28. The van der Waals surface area contributed by atoms with Crippen LogP contribution in [0.4, 0.5) is 0 Å². The number of thiazole rings is 1. The molecule has 1 aliphatic heterocycles. The Morgan fingerprint density at radius 1 is 1.23 bits per heavy atom. The first-order chi connectivity index (χ1) is 14.1. The minimum absolute atomic E-state index is 0.0260. The van der Waals surface area contributed by atoms with Gasteiger partial charge < -0.3 is 14.4 Å². The molecule has 5 aliphatic rings. The Balaban J connectivity index is 1.47. The second-order valence-electron chi connectivity index (χ2n) is 11.7. The van der Waals surface area contributed by atoms with E-state index >= 15 is 0 Å². The molecule has 4 aliphatic carbocycles. The average molecular weight is 433 g/mol. The van der Waals surface area contributed by atoms with Crippen LogP contribution in [0.15, 0.2) is 11.2 Å². The van der Waals surface area contributed by atoms with E-state index in [4.69, 9.17) is 9.73 Å². The predicted octanol–water partition coefficient (Wildman–Crippen LogP) is 4.03. The molecular formula is C24H36N2O3S. The van der Waals surface area contributed by atoms with Gasteiger partial charge in [-0.1, -0.05) is 20.8 Å². The van der Waals surface area contributed by atoms with Crippen LogP contribution in [0.25, 0.3) is 0 Å². The molecule has 4 bridgehead atoms. The van der Waals surface area contributed by atoms with Gasteiger partial charge >= 0.3 is 0 Å². The molecule has 166 valence electrons. The number of carbonyl (C=O) groups excluding carboxylic acids is 1. The molecule has 1 amide bonds. The van der Waals surface area contributed by atoms with Crippen LogP contribution >= 0.6 is 11.3 Å².